The molecule has 19 heavy (non-hydrogen) atoms. The van der Waals surface area contributed by atoms with E-state index in [0.717, 1.165) is 0 Å². The molecule has 2 aromatic rings. The molecule has 5 heteroatoms. The fraction of sp³-hybridized carbons (Fsp3) is 0.143. The Bertz CT molecular complexity index is 602. The summed E-state index contributed by atoms with van der Waals surface area (Å²) < 4.78 is 18.9. The second kappa shape index (κ2) is 5.78. The highest BCUT2D eigenvalue weighted by Gasteiger charge is 2.12. The fourth-order valence-corrected chi connectivity index (χ4v) is 1.96. The van der Waals surface area contributed by atoms with Gasteiger partial charge in [-0.15, -0.1) is 0 Å². The second-order valence-electron chi connectivity index (χ2n) is 4.15. The van der Waals surface area contributed by atoms with Crippen LogP contribution in [0.4, 0.5) is 4.39 Å². The van der Waals surface area contributed by atoms with Gasteiger partial charge in [0.1, 0.15) is 17.3 Å². The predicted octanol–water partition coefficient (Wildman–Crippen LogP) is 4.94. The normalized spacial score (nSPS) is 12.3. The molecule has 2 aromatic carbocycles. The SMILES string of the molecule is CC(N)c1cc(F)ccc1Oc1cc(Cl)ccc1Cl. The van der Waals surface area contributed by atoms with Gasteiger partial charge in [-0.2, -0.15) is 0 Å². The summed E-state index contributed by atoms with van der Waals surface area (Å²) >= 11 is 11.9. The molecule has 0 aliphatic rings. The van der Waals surface area contributed by atoms with Gasteiger partial charge in [-0.25, -0.2) is 4.39 Å². The number of hydrogen-bond donors (Lipinski definition) is 1. The van der Waals surface area contributed by atoms with E-state index >= 15 is 0 Å². The highest BCUT2D eigenvalue weighted by atomic mass is 35.5. The predicted molar refractivity (Wildman–Crippen MR) is 75.5 cm³/mol. The zero-order valence-electron chi connectivity index (χ0n) is 10.2. The van der Waals surface area contributed by atoms with Crippen LogP contribution in [0.5, 0.6) is 11.5 Å². The highest BCUT2D eigenvalue weighted by Crippen LogP contribution is 2.35. The van der Waals surface area contributed by atoms with Gasteiger partial charge >= 0.3 is 0 Å². The van der Waals surface area contributed by atoms with Gasteiger partial charge in [0, 0.05) is 22.7 Å². The van der Waals surface area contributed by atoms with E-state index in [9.17, 15) is 4.39 Å². The first-order valence-electron chi connectivity index (χ1n) is 5.65. The maximum Gasteiger partial charge on any atom is 0.147 e. The molecule has 0 fully saturated rings. The molecule has 0 aliphatic carbocycles. The second-order valence-corrected chi connectivity index (χ2v) is 4.99. The lowest BCUT2D eigenvalue weighted by atomic mass is 10.1. The first kappa shape index (κ1) is 14.1. The number of rotatable bonds is 3. The van der Waals surface area contributed by atoms with E-state index in [0.29, 0.717) is 27.1 Å². The summed E-state index contributed by atoms with van der Waals surface area (Å²) in [5, 5.41) is 0.924. The van der Waals surface area contributed by atoms with Gasteiger partial charge in [-0.1, -0.05) is 23.2 Å². The van der Waals surface area contributed by atoms with Crippen LogP contribution < -0.4 is 10.5 Å². The van der Waals surface area contributed by atoms with E-state index < -0.39 is 0 Å². The Morgan fingerprint density at radius 2 is 1.84 bits per heavy atom. The van der Waals surface area contributed by atoms with Crippen molar-refractivity contribution in [3.05, 3.63) is 57.8 Å². The molecule has 0 spiro atoms. The first-order valence-corrected chi connectivity index (χ1v) is 6.41. The van der Waals surface area contributed by atoms with E-state index in [2.05, 4.69) is 0 Å². The minimum Gasteiger partial charge on any atom is -0.455 e. The molecule has 0 bridgehead atoms. The van der Waals surface area contributed by atoms with Crippen molar-refractivity contribution in [2.75, 3.05) is 0 Å². The Morgan fingerprint density at radius 3 is 2.53 bits per heavy atom. The average Bonchev–Trinajstić information content (AvgIpc) is 2.35. The number of halogens is 3. The summed E-state index contributed by atoms with van der Waals surface area (Å²) in [6.07, 6.45) is 0. The molecule has 0 saturated carbocycles. The quantitative estimate of drug-likeness (QED) is 0.871. The van der Waals surface area contributed by atoms with Crippen molar-refractivity contribution in [1.29, 1.82) is 0 Å². The molecule has 0 saturated heterocycles. The number of nitrogens with two attached hydrogens (primary N) is 1. The highest BCUT2D eigenvalue weighted by molar-refractivity contribution is 6.34. The van der Waals surface area contributed by atoms with Crippen LogP contribution in [0.25, 0.3) is 0 Å². The van der Waals surface area contributed by atoms with E-state index in [1.807, 2.05) is 0 Å². The van der Waals surface area contributed by atoms with Gasteiger partial charge in [0.05, 0.1) is 5.02 Å². The molecule has 2 N–H and O–H groups in total. The van der Waals surface area contributed by atoms with Crippen molar-refractivity contribution in [1.82, 2.24) is 0 Å². The molecule has 100 valence electrons. The summed E-state index contributed by atoms with van der Waals surface area (Å²) in [4.78, 5) is 0. The van der Waals surface area contributed by atoms with Crippen LogP contribution in [0.2, 0.25) is 10.0 Å². The van der Waals surface area contributed by atoms with Crippen molar-refractivity contribution in [2.45, 2.75) is 13.0 Å². The smallest absolute Gasteiger partial charge is 0.147 e. The monoisotopic (exact) mass is 299 g/mol. The molecule has 0 amide bonds. The summed E-state index contributed by atoms with van der Waals surface area (Å²) in [6.45, 7) is 1.75. The molecular weight excluding hydrogens is 288 g/mol. The molecule has 0 radical (unpaired) electrons. The van der Waals surface area contributed by atoms with Crippen LogP contribution in [0.15, 0.2) is 36.4 Å². The van der Waals surface area contributed by atoms with Gasteiger partial charge in [0.25, 0.3) is 0 Å². The fourth-order valence-electron chi connectivity index (χ4n) is 1.64. The Balaban J connectivity index is 2.40. The molecule has 2 rings (SSSR count). The lowest BCUT2D eigenvalue weighted by Gasteiger charge is -2.14. The minimum absolute atomic E-state index is 0.358. The van der Waals surface area contributed by atoms with Crippen molar-refractivity contribution in [2.24, 2.45) is 5.73 Å². The Labute approximate surface area is 120 Å². The van der Waals surface area contributed by atoms with Crippen molar-refractivity contribution >= 4 is 23.2 Å². The Hall–Kier alpha value is -1.29. The van der Waals surface area contributed by atoms with E-state index in [4.69, 9.17) is 33.7 Å². The van der Waals surface area contributed by atoms with Crippen molar-refractivity contribution < 1.29 is 9.13 Å². The van der Waals surface area contributed by atoms with Gasteiger partial charge in [-0.3, -0.25) is 0 Å². The zero-order chi connectivity index (χ0) is 14.0. The first-order chi connectivity index (χ1) is 8.97. The van der Waals surface area contributed by atoms with E-state index in [-0.39, 0.29) is 11.9 Å². The number of benzene rings is 2. The Morgan fingerprint density at radius 1 is 1.11 bits per heavy atom. The maximum absolute atomic E-state index is 13.2. The van der Waals surface area contributed by atoms with Crippen LogP contribution >= 0.6 is 23.2 Å². The molecule has 0 aromatic heterocycles. The molecule has 2 nitrogen and oxygen atoms in total. The Kier molecular flexibility index (Phi) is 4.30. The van der Waals surface area contributed by atoms with Gasteiger partial charge in [-0.05, 0) is 37.3 Å². The third-order valence-electron chi connectivity index (χ3n) is 2.58. The molecular formula is C14H12Cl2FNO. The topological polar surface area (TPSA) is 35.2 Å². The zero-order valence-corrected chi connectivity index (χ0v) is 11.7. The lowest BCUT2D eigenvalue weighted by molar-refractivity contribution is 0.469. The van der Waals surface area contributed by atoms with Gasteiger partial charge < -0.3 is 10.5 Å². The lowest BCUT2D eigenvalue weighted by Crippen LogP contribution is -2.07. The van der Waals surface area contributed by atoms with Crippen molar-refractivity contribution in [3.63, 3.8) is 0 Å². The molecule has 1 atom stereocenters. The van der Waals surface area contributed by atoms with E-state index in [1.165, 1.54) is 18.2 Å². The molecule has 0 heterocycles. The molecule has 0 aliphatic heterocycles. The third kappa shape index (κ3) is 3.38. The van der Waals surface area contributed by atoms with Crippen LogP contribution in [0, 0.1) is 5.82 Å². The largest absolute Gasteiger partial charge is 0.455 e. The maximum atomic E-state index is 13.2. The summed E-state index contributed by atoms with van der Waals surface area (Å²) in [5.41, 5.74) is 6.37. The van der Waals surface area contributed by atoms with Crippen LogP contribution in [-0.4, -0.2) is 0 Å². The van der Waals surface area contributed by atoms with Crippen molar-refractivity contribution in [3.8, 4) is 11.5 Å². The number of hydrogen-bond acceptors (Lipinski definition) is 2. The minimum atomic E-state index is -0.364. The van der Waals surface area contributed by atoms with Gasteiger partial charge in [0.15, 0.2) is 0 Å². The number of ether oxygens (including phenoxy) is 1. The average molecular weight is 300 g/mol. The van der Waals surface area contributed by atoms with Crippen LogP contribution in [-0.2, 0) is 0 Å². The van der Waals surface area contributed by atoms with Gasteiger partial charge in [0.2, 0.25) is 0 Å². The summed E-state index contributed by atoms with van der Waals surface area (Å²) in [6, 6.07) is 8.70. The summed E-state index contributed by atoms with van der Waals surface area (Å²) in [5.74, 6) is 0.500. The van der Waals surface area contributed by atoms with Crippen LogP contribution in [0.3, 0.4) is 0 Å². The van der Waals surface area contributed by atoms with E-state index in [1.54, 1.807) is 25.1 Å². The molecule has 1 unspecified atom stereocenters. The van der Waals surface area contributed by atoms with Crippen LogP contribution in [0.1, 0.15) is 18.5 Å². The standard InChI is InChI=1S/C14H12Cl2FNO/c1-8(18)11-7-10(17)3-5-13(11)19-14-6-9(15)2-4-12(14)16/h2-8H,18H2,1H3. The summed E-state index contributed by atoms with van der Waals surface area (Å²) in [7, 11) is 0. The third-order valence-corrected chi connectivity index (χ3v) is 3.12.